The van der Waals surface area contributed by atoms with Gasteiger partial charge in [-0.15, -0.1) is 11.3 Å². The summed E-state index contributed by atoms with van der Waals surface area (Å²) in [5.74, 6) is 1.87. The molecule has 0 fully saturated rings. The van der Waals surface area contributed by atoms with Gasteiger partial charge in [0, 0.05) is 47.6 Å². The van der Waals surface area contributed by atoms with Crippen molar-refractivity contribution in [2.24, 2.45) is 0 Å². The van der Waals surface area contributed by atoms with Gasteiger partial charge in [-0.25, -0.2) is 15.0 Å². The summed E-state index contributed by atoms with van der Waals surface area (Å²) in [6, 6.07) is 57.0. The average Bonchev–Trinajstić information content (AvgIpc) is 3.75. The van der Waals surface area contributed by atoms with Crippen LogP contribution in [0.4, 0.5) is 0 Å². The summed E-state index contributed by atoms with van der Waals surface area (Å²) in [6.45, 7) is 0. The SMILES string of the molecule is c1ccc(-c2nc(-c3ccccc3)nc(-c3ccc4c(c3)oc3cc(-c5ccc(-c6ccc7sc8ccccc8c7c6)cc5)ccc34)n2)cc1. The van der Waals surface area contributed by atoms with Gasteiger partial charge in [-0.3, -0.25) is 0 Å². The highest BCUT2D eigenvalue weighted by atomic mass is 32.1. The lowest BCUT2D eigenvalue weighted by Gasteiger charge is -2.08. The van der Waals surface area contributed by atoms with Crippen LogP contribution in [0.15, 0.2) is 168 Å². The summed E-state index contributed by atoms with van der Waals surface area (Å²) < 4.78 is 9.14. The molecule has 10 rings (SSSR count). The van der Waals surface area contributed by atoms with E-state index in [1.807, 2.05) is 78.1 Å². The van der Waals surface area contributed by atoms with Crippen molar-refractivity contribution in [1.29, 1.82) is 0 Å². The number of thiophene rings is 1. The summed E-state index contributed by atoms with van der Waals surface area (Å²) in [5, 5.41) is 4.77. The molecular weight excluding hydrogens is 631 g/mol. The Morgan fingerprint density at radius 3 is 1.42 bits per heavy atom. The molecule has 234 valence electrons. The van der Waals surface area contributed by atoms with E-state index in [-0.39, 0.29) is 0 Å². The van der Waals surface area contributed by atoms with Gasteiger partial charge in [-0.1, -0.05) is 121 Å². The van der Waals surface area contributed by atoms with E-state index in [2.05, 4.69) is 97.1 Å². The maximum Gasteiger partial charge on any atom is 0.164 e. The van der Waals surface area contributed by atoms with Crippen molar-refractivity contribution < 1.29 is 4.42 Å². The van der Waals surface area contributed by atoms with Gasteiger partial charge < -0.3 is 4.42 Å². The Balaban J connectivity index is 0.996. The minimum atomic E-state index is 0.604. The van der Waals surface area contributed by atoms with Crippen molar-refractivity contribution in [3.05, 3.63) is 164 Å². The van der Waals surface area contributed by atoms with Crippen LogP contribution in [-0.2, 0) is 0 Å². The lowest BCUT2D eigenvalue weighted by Crippen LogP contribution is -2.00. The predicted octanol–water partition coefficient (Wildman–Crippen LogP) is 12.5. The summed E-state index contributed by atoms with van der Waals surface area (Å²) in [7, 11) is 0. The van der Waals surface area contributed by atoms with Crippen LogP contribution in [-0.4, -0.2) is 15.0 Å². The molecule has 0 spiro atoms. The summed E-state index contributed by atoms with van der Waals surface area (Å²) in [4.78, 5) is 14.6. The highest BCUT2D eigenvalue weighted by Gasteiger charge is 2.15. The maximum absolute atomic E-state index is 6.50. The average molecular weight is 658 g/mol. The first-order valence-corrected chi connectivity index (χ1v) is 17.4. The molecule has 0 N–H and O–H groups in total. The van der Waals surface area contributed by atoms with Gasteiger partial charge >= 0.3 is 0 Å². The smallest absolute Gasteiger partial charge is 0.164 e. The topological polar surface area (TPSA) is 51.8 Å². The number of fused-ring (bicyclic) bond motifs is 6. The van der Waals surface area contributed by atoms with Gasteiger partial charge in [0.05, 0.1) is 0 Å². The molecule has 0 saturated carbocycles. The molecule has 0 saturated heterocycles. The van der Waals surface area contributed by atoms with Crippen LogP contribution < -0.4 is 0 Å². The van der Waals surface area contributed by atoms with Gasteiger partial charge in [-0.2, -0.15) is 0 Å². The largest absolute Gasteiger partial charge is 0.456 e. The summed E-state index contributed by atoms with van der Waals surface area (Å²) in [6.07, 6.45) is 0. The van der Waals surface area contributed by atoms with Crippen molar-refractivity contribution >= 4 is 53.4 Å². The highest BCUT2D eigenvalue weighted by molar-refractivity contribution is 7.25. The van der Waals surface area contributed by atoms with Gasteiger partial charge in [-0.05, 0) is 64.7 Å². The molecule has 3 heterocycles. The van der Waals surface area contributed by atoms with E-state index in [1.165, 1.54) is 31.3 Å². The Kier molecular flexibility index (Phi) is 6.64. The van der Waals surface area contributed by atoms with E-state index in [0.29, 0.717) is 17.5 Å². The van der Waals surface area contributed by atoms with E-state index >= 15 is 0 Å². The van der Waals surface area contributed by atoms with E-state index in [1.54, 1.807) is 0 Å². The lowest BCUT2D eigenvalue weighted by atomic mass is 9.98. The van der Waals surface area contributed by atoms with Gasteiger partial charge in [0.25, 0.3) is 0 Å². The molecule has 0 radical (unpaired) electrons. The van der Waals surface area contributed by atoms with Crippen LogP contribution >= 0.6 is 11.3 Å². The Morgan fingerprint density at radius 1 is 0.320 bits per heavy atom. The summed E-state index contributed by atoms with van der Waals surface area (Å²) in [5.41, 5.74) is 9.08. The normalized spacial score (nSPS) is 11.6. The van der Waals surface area contributed by atoms with Crippen LogP contribution in [0, 0.1) is 0 Å². The zero-order valence-corrected chi connectivity index (χ0v) is 27.6. The number of benzene rings is 7. The summed E-state index contributed by atoms with van der Waals surface area (Å²) >= 11 is 1.85. The Bertz CT molecular complexity index is 2800. The van der Waals surface area contributed by atoms with E-state index < -0.39 is 0 Å². The van der Waals surface area contributed by atoms with Crippen LogP contribution in [0.2, 0.25) is 0 Å². The van der Waals surface area contributed by atoms with Crippen LogP contribution in [0.3, 0.4) is 0 Å². The zero-order chi connectivity index (χ0) is 33.0. The van der Waals surface area contributed by atoms with Crippen molar-refractivity contribution in [3.63, 3.8) is 0 Å². The van der Waals surface area contributed by atoms with Gasteiger partial charge in [0.15, 0.2) is 17.5 Å². The fraction of sp³-hybridized carbons (Fsp3) is 0. The Morgan fingerprint density at radius 2 is 0.780 bits per heavy atom. The number of hydrogen-bond donors (Lipinski definition) is 0. The second kappa shape index (κ2) is 11.6. The molecule has 50 heavy (non-hydrogen) atoms. The second-order valence-electron chi connectivity index (χ2n) is 12.4. The lowest BCUT2D eigenvalue weighted by molar-refractivity contribution is 0.669. The highest BCUT2D eigenvalue weighted by Crippen LogP contribution is 2.38. The Hall–Kier alpha value is -6.43. The molecule has 0 aliphatic carbocycles. The molecule has 0 aliphatic heterocycles. The number of nitrogens with zero attached hydrogens (tertiary/aromatic N) is 3. The minimum Gasteiger partial charge on any atom is -0.456 e. The first kappa shape index (κ1) is 28.6. The number of furan rings is 1. The van der Waals surface area contributed by atoms with Crippen LogP contribution in [0.1, 0.15) is 0 Å². The first-order valence-electron chi connectivity index (χ1n) is 16.6. The van der Waals surface area contributed by atoms with Crippen LogP contribution in [0.25, 0.3) is 98.5 Å². The molecule has 0 amide bonds. The number of hydrogen-bond acceptors (Lipinski definition) is 5. The molecule has 7 aromatic carbocycles. The van der Waals surface area contributed by atoms with Crippen LogP contribution in [0.5, 0.6) is 0 Å². The molecule has 5 heteroatoms. The number of rotatable bonds is 5. The first-order chi connectivity index (χ1) is 24.7. The predicted molar refractivity (Wildman–Crippen MR) is 207 cm³/mol. The molecule has 0 atom stereocenters. The minimum absolute atomic E-state index is 0.604. The standard InChI is InChI=1S/C45H27N3OS/c1-3-9-30(10-4-1)43-46-44(31-11-5-2-6-12-31)48-45(47-43)34-20-23-36-35-22-19-33(26-39(35)49-40(36)27-34)29-17-15-28(16-18-29)32-21-24-42-38(25-32)37-13-7-8-14-41(37)50-42/h1-27H. The maximum atomic E-state index is 6.50. The third kappa shape index (κ3) is 4.95. The fourth-order valence-corrected chi connectivity index (χ4v) is 7.88. The zero-order valence-electron chi connectivity index (χ0n) is 26.7. The van der Waals surface area contributed by atoms with Crippen molar-refractivity contribution in [3.8, 4) is 56.4 Å². The molecule has 0 aliphatic rings. The molecule has 4 nitrogen and oxygen atoms in total. The number of aromatic nitrogens is 3. The molecular formula is C45H27N3OS. The van der Waals surface area contributed by atoms with Crippen molar-refractivity contribution in [1.82, 2.24) is 15.0 Å². The molecule has 10 aromatic rings. The quantitative estimate of drug-likeness (QED) is 0.185. The third-order valence-corrected chi connectivity index (χ3v) is 10.5. The monoisotopic (exact) mass is 657 g/mol. The third-order valence-electron chi connectivity index (χ3n) is 9.36. The van der Waals surface area contributed by atoms with Crippen molar-refractivity contribution in [2.45, 2.75) is 0 Å². The van der Waals surface area contributed by atoms with Crippen molar-refractivity contribution in [2.75, 3.05) is 0 Å². The van der Waals surface area contributed by atoms with Gasteiger partial charge in [0.1, 0.15) is 11.2 Å². The molecule has 0 unspecified atom stereocenters. The Labute approximate surface area is 292 Å². The van der Waals surface area contributed by atoms with E-state index in [9.17, 15) is 0 Å². The van der Waals surface area contributed by atoms with E-state index in [0.717, 1.165) is 49.8 Å². The molecule has 0 bridgehead atoms. The van der Waals surface area contributed by atoms with Gasteiger partial charge in [0.2, 0.25) is 0 Å². The second-order valence-corrected chi connectivity index (χ2v) is 13.5. The molecule has 3 aromatic heterocycles. The van der Waals surface area contributed by atoms with E-state index in [4.69, 9.17) is 19.4 Å². The fourth-order valence-electron chi connectivity index (χ4n) is 6.79.